The number of aryl methyl sites for hydroxylation is 2. The van der Waals surface area contributed by atoms with Gasteiger partial charge in [0, 0.05) is 37.5 Å². The van der Waals surface area contributed by atoms with E-state index < -0.39 is 11.6 Å². The molecule has 1 aromatic carbocycles. The summed E-state index contributed by atoms with van der Waals surface area (Å²) >= 11 is 0. The van der Waals surface area contributed by atoms with Crippen LogP contribution in [0.3, 0.4) is 0 Å². The van der Waals surface area contributed by atoms with Gasteiger partial charge in [0.15, 0.2) is 0 Å². The zero-order chi connectivity index (χ0) is 18.0. The van der Waals surface area contributed by atoms with Crippen LogP contribution in [0.2, 0.25) is 0 Å². The van der Waals surface area contributed by atoms with Gasteiger partial charge in [-0.3, -0.25) is 9.36 Å². The fourth-order valence-corrected chi connectivity index (χ4v) is 3.10. The second kappa shape index (κ2) is 7.16. The molecular weight excluding hydrogens is 330 g/mol. The minimum Gasteiger partial charge on any atom is -0.352 e. The highest BCUT2D eigenvalue weighted by molar-refractivity contribution is 5.78. The van der Waals surface area contributed by atoms with E-state index in [0.717, 1.165) is 18.2 Å². The molecule has 3 rings (SSSR count). The smallest absolute Gasteiger partial charge is 0.345 e. The Kier molecular flexibility index (Phi) is 4.96. The zero-order valence-electron chi connectivity index (χ0n) is 14.0. The van der Waals surface area contributed by atoms with E-state index in [2.05, 4.69) is 10.4 Å². The number of benzene rings is 1. The Morgan fingerprint density at radius 2 is 2.16 bits per heavy atom. The van der Waals surface area contributed by atoms with Gasteiger partial charge >= 0.3 is 5.69 Å². The van der Waals surface area contributed by atoms with Gasteiger partial charge in [0.1, 0.15) is 17.5 Å². The molecule has 8 heteroatoms. The Bertz CT molecular complexity index is 844. The molecule has 1 atom stereocenters. The minimum absolute atomic E-state index is 0.0634. The normalized spacial score (nSPS) is 17.0. The van der Waals surface area contributed by atoms with Crippen molar-refractivity contribution in [1.82, 2.24) is 19.7 Å². The molecule has 0 saturated carbocycles. The van der Waals surface area contributed by atoms with Gasteiger partial charge in [0.05, 0.1) is 0 Å². The van der Waals surface area contributed by atoms with Crippen LogP contribution in [0.15, 0.2) is 23.0 Å². The molecule has 134 valence electrons. The number of amides is 1. The maximum Gasteiger partial charge on any atom is 0.345 e. The lowest BCUT2D eigenvalue weighted by molar-refractivity contribution is -0.125. The topological polar surface area (TPSA) is 68.9 Å². The van der Waals surface area contributed by atoms with E-state index in [1.807, 2.05) is 6.92 Å². The highest BCUT2D eigenvalue weighted by atomic mass is 19.1. The first-order chi connectivity index (χ1) is 12.0. The van der Waals surface area contributed by atoms with Crippen molar-refractivity contribution in [3.05, 3.63) is 51.7 Å². The predicted octanol–water partition coefficient (Wildman–Crippen LogP) is 1.61. The van der Waals surface area contributed by atoms with Crippen LogP contribution in [0.1, 0.15) is 31.2 Å². The summed E-state index contributed by atoms with van der Waals surface area (Å²) in [6, 6.07) is 3.15. The van der Waals surface area contributed by atoms with Gasteiger partial charge in [-0.15, -0.1) is 0 Å². The first-order valence-electron chi connectivity index (χ1n) is 8.37. The third kappa shape index (κ3) is 3.62. The summed E-state index contributed by atoms with van der Waals surface area (Å²) in [6.07, 6.45) is 1.62. The Labute approximate surface area is 143 Å². The van der Waals surface area contributed by atoms with Crippen LogP contribution in [0.5, 0.6) is 0 Å². The Morgan fingerprint density at radius 3 is 2.92 bits per heavy atom. The lowest BCUT2D eigenvalue weighted by Crippen LogP contribution is -2.31. The maximum absolute atomic E-state index is 13.6. The molecule has 1 amide bonds. The van der Waals surface area contributed by atoms with Crippen molar-refractivity contribution in [2.24, 2.45) is 5.92 Å². The van der Waals surface area contributed by atoms with E-state index in [9.17, 15) is 18.4 Å². The number of rotatable bonds is 4. The summed E-state index contributed by atoms with van der Waals surface area (Å²) in [5.74, 6) is -0.906. The van der Waals surface area contributed by atoms with Crippen molar-refractivity contribution >= 4 is 5.91 Å². The summed E-state index contributed by atoms with van der Waals surface area (Å²) in [4.78, 5) is 24.5. The Morgan fingerprint density at radius 1 is 1.36 bits per heavy atom. The van der Waals surface area contributed by atoms with Crippen molar-refractivity contribution in [2.75, 3.05) is 0 Å². The van der Waals surface area contributed by atoms with E-state index in [4.69, 9.17) is 0 Å². The summed E-state index contributed by atoms with van der Waals surface area (Å²) in [6.45, 7) is 2.74. The van der Waals surface area contributed by atoms with Gasteiger partial charge < -0.3 is 5.32 Å². The largest absolute Gasteiger partial charge is 0.352 e. The first kappa shape index (κ1) is 17.3. The number of nitrogens with zero attached hydrogens (tertiary/aromatic N) is 3. The average Bonchev–Trinajstić information content (AvgIpc) is 2.78. The molecular formula is C17H20F2N4O2. The standard InChI is InChI=1S/C17H20F2N4O2/c1-2-23-17(25)22-8-7-11(3-6-15(22)21-23)16(24)20-10-12-9-13(18)4-5-14(12)19/h4-5,9,11H,2-3,6-8,10H2,1H3,(H,20,24). The molecule has 1 aliphatic heterocycles. The summed E-state index contributed by atoms with van der Waals surface area (Å²) in [7, 11) is 0. The van der Waals surface area contributed by atoms with Crippen molar-refractivity contribution < 1.29 is 13.6 Å². The molecule has 0 saturated heterocycles. The van der Waals surface area contributed by atoms with Gasteiger partial charge in [-0.05, 0) is 38.0 Å². The number of carbonyl (C=O) groups excluding carboxylic acids is 1. The number of aromatic nitrogens is 3. The van der Waals surface area contributed by atoms with Gasteiger partial charge in [0.25, 0.3) is 0 Å². The van der Waals surface area contributed by atoms with Gasteiger partial charge in [-0.25, -0.2) is 18.3 Å². The van der Waals surface area contributed by atoms with Crippen LogP contribution in [-0.4, -0.2) is 20.3 Å². The predicted molar refractivity (Wildman–Crippen MR) is 86.8 cm³/mol. The van der Waals surface area contributed by atoms with Crippen molar-refractivity contribution in [1.29, 1.82) is 0 Å². The van der Waals surface area contributed by atoms with Crippen LogP contribution < -0.4 is 11.0 Å². The lowest BCUT2D eigenvalue weighted by Gasteiger charge is -2.14. The first-order valence-corrected chi connectivity index (χ1v) is 8.37. The number of hydrogen-bond acceptors (Lipinski definition) is 3. The highest BCUT2D eigenvalue weighted by Gasteiger charge is 2.25. The second-order valence-corrected chi connectivity index (χ2v) is 6.14. The Hall–Kier alpha value is -2.51. The molecule has 2 aromatic rings. The van der Waals surface area contributed by atoms with E-state index in [1.165, 1.54) is 4.68 Å². The maximum atomic E-state index is 13.6. The van der Waals surface area contributed by atoms with Crippen LogP contribution in [0.4, 0.5) is 8.78 Å². The minimum atomic E-state index is -0.553. The van der Waals surface area contributed by atoms with E-state index >= 15 is 0 Å². The van der Waals surface area contributed by atoms with Crippen LogP contribution in [0.25, 0.3) is 0 Å². The summed E-state index contributed by atoms with van der Waals surface area (Å²) in [5, 5.41) is 6.94. The number of hydrogen-bond donors (Lipinski definition) is 1. The lowest BCUT2D eigenvalue weighted by atomic mass is 9.99. The SMILES string of the molecule is CCn1nc2n(c1=O)CCC(C(=O)NCc1cc(F)ccc1F)CC2. The molecule has 1 aliphatic rings. The van der Waals surface area contributed by atoms with Crippen molar-refractivity contribution in [3.8, 4) is 0 Å². The average molecular weight is 350 g/mol. The highest BCUT2D eigenvalue weighted by Crippen LogP contribution is 2.18. The van der Waals surface area contributed by atoms with Crippen LogP contribution >= 0.6 is 0 Å². The molecule has 0 radical (unpaired) electrons. The monoisotopic (exact) mass is 350 g/mol. The Balaban J connectivity index is 1.62. The number of halogens is 2. The van der Waals surface area contributed by atoms with E-state index in [0.29, 0.717) is 38.2 Å². The van der Waals surface area contributed by atoms with Crippen LogP contribution in [0, 0.1) is 17.6 Å². The quantitative estimate of drug-likeness (QED) is 0.911. The van der Waals surface area contributed by atoms with Gasteiger partial charge in [0.2, 0.25) is 5.91 Å². The molecule has 0 spiro atoms. The molecule has 2 heterocycles. The van der Waals surface area contributed by atoms with Gasteiger partial charge in [-0.2, -0.15) is 5.10 Å². The molecule has 1 unspecified atom stereocenters. The second-order valence-electron chi connectivity index (χ2n) is 6.14. The van der Waals surface area contributed by atoms with Crippen molar-refractivity contribution in [2.45, 2.75) is 45.8 Å². The molecule has 6 nitrogen and oxygen atoms in total. The molecule has 25 heavy (non-hydrogen) atoms. The van der Waals surface area contributed by atoms with E-state index in [-0.39, 0.29) is 29.6 Å². The van der Waals surface area contributed by atoms with Gasteiger partial charge in [-0.1, -0.05) is 0 Å². The van der Waals surface area contributed by atoms with Crippen LogP contribution in [-0.2, 0) is 30.8 Å². The van der Waals surface area contributed by atoms with E-state index in [1.54, 1.807) is 4.57 Å². The summed E-state index contributed by atoms with van der Waals surface area (Å²) < 4.78 is 29.8. The summed E-state index contributed by atoms with van der Waals surface area (Å²) in [5.41, 5.74) is -0.0406. The molecule has 0 fully saturated rings. The number of nitrogens with one attached hydrogen (secondary N) is 1. The third-order valence-electron chi connectivity index (χ3n) is 4.55. The molecule has 1 aromatic heterocycles. The molecule has 0 bridgehead atoms. The number of carbonyl (C=O) groups is 1. The number of fused-ring (bicyclic) bond motifs is 1. The third-order valence-corrected chi connectivity index (χ3v) is 4.55. The molecule has 0 aliphatic carbocycles. The fourth-order valence-electron chi connectivity index (χ4n) is 3.10. The van der Waals surface area contributed by atoms with Crippen molar-refractivity contribution in [3.63, 3.8) is 0 Å². The molecule has 1 N–H and O–H groups in total. The zero-order valence-corrected chi connectivity index (χ0v) is 14.0. The fraction of sp³-hybridized carbons (Fsp3) is 0.471.